The Labute approximate surface area is 346 Å². The number of alkyl halides is 1. The predicted octanol–water partition coefficient (Wildman–Crippen LogP) is 6.19. The van der Waals surface area contributed by atoms with Gasteiger partial charge in [0.15, 0.2) is 0 Å². The normalized spacial score (nSPS) is 29.1. The summed E-state index contributed by atoms with van der Waals surface area (Å²) in [5, 5.41) is 16.9. The van der Waals surface area contributed by atoms with Gasteiger partial charge in [0.05, 0.1) is 31.3 Å². The van der Waals surface area contributed by atoms with Crippen LogP contribution in [0.25, 0.3) is 0 Å². The van der Waals surface area contributed by atoms with Crippen LogP contribution in [-0.4, -0.2) is 87.0 Å². The number of fused-ring (bicyclic) bond motifs is 4. The highest BCUT2D eigenvalue weighted by atomic mass is 79.9. The first-order chi connectivity index (χ1) is 27.3. The van der Waals surface area contributed by atoms with Crippen molar-refractivity contribution in [3.05, 3.63) is 82.0 Å². The molecule has 1 aromatic heterocycles. The van der Waals surface area contributed by atoms with E-state index in [1.807, 2.05) is 12.1 Å². The quantitative estimate of drug-likeness (QED) is 0.159. The summed E-state index contributed by atoms with van der Waals surface area (Å²) in [5.74, 6) is -2.35. The van der Waals surface area contributed by atoms with Gasteiger partial charge in [-0.25, -0.2) is 4.21 Å². The van der Waals surface area contributed by atoms with Crippen molar-refractivity contribution in [2.24, 2.45) is 29.2 Å². The minimum absolute atomic E-state index is 0.00328. The second-order valence-corrected chi connectivity index (χ2v) is 19.0. The first-order valence-electron chi connectivity index (χ1n) is 19.4. The molecular formula is C41H49BrClN5O8S. The maximum absolute atomic E-state index is 14.7. The molecular weight excluding hydrogens is 838 g/mol. The number of benzene rings is 2. The number of amides is 2. The molecule has 2 bridgehead atoms. The first-order valence-corrected chi connectivity index (χ1v) is 22.6. The number of aromatic nitrogens is 2. The number of methoxy groups -OCH3 is 1. The Morgan fingerprint density at radius 3 is 2.77 bits per heavy atom. The predicted molar refractivity (Wildman–Crippen MR) is 221 cm³/mol. The number of esters is 1. The van der Waals surface area contributed by atoms with Crippen LogP contribution in [0.2, 0.25) is 5.02 Å². The van der Waals surface area contributed by atoms with Crippen LogP contribution in [0.4, 0.5) is 5.69 Å². The minimum atomic E-state index is -3.87. The Morgan fingerprint density at radius 2 is 2.02 bits per heavy atom. The maximum Gasteiger partial charge on any atom is 0.306 e. The van der Waals surface area contributed by atoms with Gasteiger partial charge in [0, 0.05) is 60.0 Å². The van der Waals surface area contributed by atoms with Gasteiger partial charge in [-0.1, -0.05) is 46.6 Å². The van der Waals surface area contributed by atoms with Crippen molar-refractivity contribution in [2.45, 2.75) is 69.5 Å². The Hall–Kier alpha value is -3.92. The van der Waals surface area contributed by atoms with E-state index in [0.29, 0.717) is 47.9 Å². The van der Waals surface area contributed by atoms with Crippen molar-refractivity contribution in [3.8, 4) is 11.6 Å². The third kappa shape index (κ3) is 8.91. The molecule has 7 atom stereocenters. The van der Waals surface area contributed by atoms with E-state index >= 15 is 0 Å². The van der Waals surface area contributed by atoms with Crippen LogP contribution in [0.15, 0.2) is 59.1 Å². The lowest BCUT2D eigenvalue weighted by Gasteiger charge is -2.46. The fourth-order valence-corrected chi connectivity index (χ4v) is 11.0. The largest absolute Gasteiger partial charge is 0.490 e. The SMILES string of the molecule is COc1nn(C)cc1C(=O)NS1(=O)=NC(=O)c2ccc3c(c2)N(C[C@@H]2CC[C@H]2[C@@H](OC(=O)CCCBr)/C=C\C(O)[C@H](C)C1)C[C@@]1(CCCc2cc(Cl)ccc21)CO3. The molecule has 2 aliphatic heterocycles. The summed E-state index contributed by atoms with van der Waals surface area (Å²) in [7, 11) is -0.901. The van der Waals surface area contributed by atoms with Crippen molar-refractivity contribution in [3.63, 3.8) is 0 Å². The summed E-state index contributed by atoms with van der Waals surface area (Å²) in [6.07, 6.45) is 8.25. The molecule has 1 spiro atoms. The summed E-state index contributed by atoms with van der Waals surface area (Å²) < 4.78 is 40.8. The molecule has 7 rings (SSSR count). The molecule has 3 aromatic rings. The topological polar surface area (TPSA) is 162 Å². The minimum Gasteiger partial charge on any atom is -0.490 e. The molecule has 1 saturated carbocycles. The number of aliphatic hydroxyl groups is 1. The van der Waals surface area contributed by atoms with Crippen molar-refractivity contribution < 1.29 is 37.9 Å². The second kappa shape index (κ2) is 17.1. The number of halogens is 2. The van der Waals surface area contributed by atoms with E-state index in [1.54, 1.807) is 44.3 Å². The van der Waals surface area contributed by atoms with Gasteiger partial charge in [0.1, 0.15) is 27.3 Å². The Balaban J connectivity index is 1.32. The van der Waals surface area contributed by atoms with Gasteiger partial charge in [-0.3, -0.25) is 23.8 Å². The summed E-state index contributed by atoms with van der Waals surface area (Å²) in [4.78, 5) is 43.1. The van der Waals surface area contributed by atoms with Gasteiger partial charge >= 0.3 is 5.97 Å². The lowest BCUT2D eigenvalue weighted by Crippen LogP contribution is -2.50. The number of carbonyl (C=O) groups is 3. The number of carbonyl (C=O) groups excluding carboxylic acids is 3. The highest BCUT2D eigenvalue weighted by Gasteiger charge is 2.45. The number of anilines is 1. The second-order valence-electron chi connectivity index (χ2n) is 15.7. The van der Waals surface area contributed by atoms with E-state index in [9.17, 15) is 23.7 Å². The van der Waals surface area contributed by atoms with Crippen LogP contribution in [0.1, 0.15) is 77.3 Å². The summed E-state index contributed by atoms with van der Waals surface area (Å²) in [5.41, 5.74) is 2.89. The van der Waals surface area contributed by atoms with Gasteiger partial charge < -0.3 is 24.2 Å². The lowest BCUT2D eigenvalue weighted by molar-refractivity contribution is -0.152. The Bertz CT molecular complexity index is 2190. The Kier molecular flexibility index (Phi) is 12.4. The third-order valence-electron chi connectivity index (χ3n) is 11.7. The van der Waals surface area contributed by atoms with Crippen LogP contribution in [0.5, 0.6) is 11.6 Å². The Morgan fingerprint density at radius 1 is 1.19 bits per heavy atom. The average Bonchev–Trinajstić information content (AvgIpc) is 3.49. The number of nitrogens with zero attached hydrogens (tertiary/aromatic N) is 4. The fraction of sp³-hybridized carbons (Fsp3) is 0.512. The average molecular weight is 887 g/mol. The molecule has 16 heteroatoms. The number of hydrogen-bond acceptors (Lipinski definition) is 10. The van der Waals surface area contributed by atoms with Crippen molar-refractivity contribution in [1.29, 1.82) is 0 Å². The molecule has 2 amide bonds. The summed E-state index contributed by atoms with van der Waals surface area (Å²) >= 11 is 9.87. The summed E-state index contributed by atoms with van der Waals surface area (Å²) in [6.45, 7) is 3.25. The van der Waals surface area contributed by atoms with Crippen molar-refractivity contribution in [1.82, 2.24) is 14.5 Å². The molecule has 2 N–H and O–H groups in total. The van der Waals surface area contributed by atoms with Crippen molar-refractivity contribution in [2.75, 3.05) is 42.8 Å². The highest BCUT2D eigenvalue weighted by molar-refractivity contribution is 9.09. The monoisotopic (exact) mass is 885 g/mol. The molecule has 1 fully saturated rings. The van der Waals surface area contributed by atoms with Gasteiger partial charge in [0.2, 0.25) is 5.88 Å². The number of aliphatic hydroxyl groups excluding tert-OH is 1. The standard InChI is InChI=1S/C41H49BrClN5O8S/c1-25-22-57(53,46-39(52)31-21-47(2)44-40(31)54-3)45-38(51)27-9-14-36-33(19-27)48(23-41(24-55-36)16-4-6-26-18-29(43)10-12-32(26)41)20-28-8-11-30(28)35(15-13-34(25)49)56-37(50)7-5-17-42/h9-10,12-15,18-19,21,25,28,30,34-35,49H,4-8,11,16-17,20,22-24H2,1-3H3,(H,45,46,51,52,53)/b15-13-/t25-,28+,30-,34?,35+,41+,57?/m1/s1. The van der Waals surface area contributed by atoms with Crippen LogP contribution >= 0.6 is 27.5 Å². The van der Waals surface area contributed by atoms with E-state index < -0.39 is 39.9 Å². The molecule has 2 aromatic carbocycles. The van der Waals surface area contributed by atoms with Gasteiger partial charge in [-0.05, 0) is 97.9 Å². The van der Waals surface area contributed by atoms with E-state index in [4.69, 9.17) is 25.8 Å². The third-order valence-corrected chi connectivity index (χ3v) is 14.4. The molecule has 2 aliphatic carbocycles. The van der Waals surface area contributed by atoms with E-state index in [2.05, 4.69) is 41.1 Å². The molecule has 4 aliphatic rings. The number of aryl methyl sites for hydroxylation is 2. The fourth-order valence-electron chi connectivity index (χ4n) is 8.61. The molecule has 57 heavy (non-hydrogen) atoms. The van der Waals surface area contributed by atoms with Gasteiger partial charge in [0.25, 0.3) is 11.8 Å². The number of ether oxygens (including phenoxy) is 3. The summed E-state index contributed by atoms with van der Waals surface area (Å²) in [6, 6.07) is 11.2. The smallest absolute Gasteiger partial charge is 0.306 e. The van der Waals surface area contributed by atoms with Crippen LogP contribution in [-0.2, 0) is 38.3 Å². The molecule has 2 unspecified atom stereocenters. The molecule has 0 radical (unpaired) electrons. The van der Waals surface area contributed by atoms with Crippen LogP contribution in [0, 0.1) is 17.8 Å². The lowest BCUT2D eigenvalue weighted by atomic mass is 9.68. The maximum atomic E-state index is 14.7. The van der Waals surface area contributed by atoms with Crippen LogP contribution in [0.3, 0.4) is 0 Å². The first kappa shape index (κ1) is 41.2. The number of hydrogen-bond donors (Lipinski definition) is 2. The molecule has 0 saturated heterocycles. The zero-order valence-corrected chi connectivity index (χ0v) is 35.5. The zero-order valence-electron chi connectivity index (χ0n) is 32.3. The van der Waals surface area contributed by atoms with Gasteiger partial charge in [-0.2, -0.15) is 0 Å². The van der Waals surface area contributed by atoms with Crippen molar-refractivity contribution >= 4 is 60.9 Å². The van der Waals surface area contributed by atoms with Gasteiger partial charge in [-0.15, -0.1) is 9.46 Å². The van der Waals surface area contributed by atoms with Crippen LogP contribution < -0.4 is 19.1 Å². The van der Waals surface area contributed by atoms with E-state index in [0.717, 1.165) is 32.1 Å². The van der Waals surface area contributed by atoms with E-state index in [1.165, 1.54) is 29.1 Å². The molecule has 3 heterocycles. The highest BCUT2D eigenvalue weighted by Crippen LogP contribution is 2.47. The molecule has 13 nitrogen and oxygen atoms in total. The van der Waals surface area contributed by atoms with E-state index in [-0.39, 0.29) is 52.4 Å². The number of nitrogens with one attached hydrogen (secondary N) is 1. The number of rotatable bonds is 7. The zero-order chi connectivity index (χ0) is 40.5. The molecule has 306 valence electrons.